The predicted octanol–water partition coefficient (Wildman–Crippen LogP) is 5.63. The molecule has 0 aliphatic carbocycles. The lowest BCUT2D eigenvalue weighted by Crippen LogP contribution is -2.13. The number of carbonyl (C=O) groups is 1. The molecule has 1 amide bonds. The van der Waals surface area contributed by atoms with Gasteiger partial charge in [-0.25, -0.2) is 4.39 Å². The molecule has 0 aliphatic rings. The standard InChI is InChI=1S/C19H13BrFNO2/c20-14-8-2-1-7-13(14)19(23)22-16-10-4-6-12-18(16)24-17-11-5-3-9-15(17)21/h1-12H,(H,22,23). The van der Waals surface area contributed by atoms with Crippen LogP contribution < -0.4 is 10.1 Å². The quantitative estimate of drug-likeness (QED) is 0.631. The molecule has 3 aromatic carbocycles. The second-order valence-corrected chi connectivity index (χ2v) is 5.82. The molecular weight excluding hydrogens is 373 g/mol. The molecule has 0 unspecified atom stereocenters. The van der Waals surface area contributed by atoms with Gasteiger partial charge >= 0.3 is 0 Å². The minimum absolute atomic E-state index is 0.0973. The maximum atomic E-state index is 13.8. The second kappa shape index (κ2) is 7.27. The molecule has 0 bridgehead atoms. The number of carbonyl (C=O) groups excluding carboxylic acids is 1. The van der Waals surface area contributed by atoms with Gasteiger partial charge in [0, 0.05) is 4.47 Å². The molecule has 0 atom stereocenters. The first-order valence-corrected chi connectivity index (χ1v) is 8.02. The highest BCUT2D eigenvalue weighted by atomic mass is 79.9. The first-order chi connectivity index (χ1) is 11.6. The maximum Gasteiger partial charge on any atom is 0.256 e. The van der Waals surface area contributed by atoms with Crippen molar-refractivity contribution in [3.8, 4) is 11.5 Å². The summed E-state index contributed by atoms with van der Waals surface area (Å²) in [5, 5.41) is 2.79. The molecule has 0 saturated heterocycles. The number of amides is 1. The third kappa shape index (κ3) is 3.63. The van der Waals surface area contributed by atoms with E-state index < -0.39 is 5.82 Å². The number of halogens is 2. The highest BCUT2D eigenvalue weighted by Crippen LogP contribution is 2.31. The minimum atomic E-state index is -0.468. The Labute approximate surface area is 147 Å². The monoisotopic (exact) mass is 385 g/mol. The fraction of sp³-hybridized carbons (Fsp3) is 0. The molecule has 120 valence electrons. The molecule has 24 heavy (non-hydrogen) atoms. The number of nitrogens with one attached hydrogen (secondary N) is 1. The van der Waals surface area contributed by atoms with Crippen LogP contribution in [0.25, 0.3) is 0 Å². The average molecular weight is 386 g/mol. The van der Waals surface area contributed by atoms with Crippen molar-refractivity contribution in [2.24, 2.45) is 0 Å². The Kier molecular flexibility index (Phi) is 4.91. The van der Waals surface area contributed by atoms with Crippen molar-refractivity contribution in [1.29, 1.82) is 0 Å². The van der Waals surface area contributed by atoms with E-state index in [1.807, 2.05) is 6.07 Å². The fourth-order valence-electron chi connectivity index (χ4n) is 2.14. The lowest BCUT2D eigenvalue weighted by molar-refractivity contribution is 0.102. The molecule has 5 heteroatoms. The third-order valence-electron chi connectivity index (χ3n) is 3.31. The summed E-state index contributed by atoms with van der Waals surface area (Å²) in [5.74, 6) is -0.292. The Bertz CT molecular complexity index is 883. The number of hydrogen-bond donors (Lipinski definition) is 1. The Morgan fingerprint density at radius 2 is 1.50 bits per heavy atom. The summed E-state index contributed by atoms with van der Waals surface area (Å²) in [4.78, 5) is 12.4. The largest absolute Gasteiger partial charge is 0.452 e. The number of benzene rings is 3. The van der Waals surface area contributed by atoms with Crippen molar-refractivity contribution in [1.82, 2.24) is 0 Å². The predicted molar refractivity (Wildman–Crippen MR) is 95.0 cm³/mol. The highest BCUT2D eigenvalue weighted by molar-refractivity contribution is 9.10. The van der Waals surface area contributed by atoms with Gasteiger partial charge in [-0.2, -0.15) is 0 Å². The van der Waals surface area contributed by atoms with Gasteiger partial charge in [0.1, 0.15) is 0 Å². The molecule has 1 N–H and O–H groups in total. The van der Waals surface area contributed by atoms with E-state index in [-0.39, 0.29) is 11.7 Å². The van der Waals surface area contributed by atoms with Gasteiger partial charge in [-0.3, -0.25) is 4.79 Å². The first-order valence-electron chi connectivity index (χ1n) is 7.22. The zero-order valence-corrected chi connectivity index (χ0v) is 14.1. The Morgan fingerprint density at radius 3 is 2.25 bits per heavy atom. The summed E-state index contributed by atoms with van der Waals surface area (Å²) in [6.07, 6.45) is 0. The zero-order chi connectivity index (χ0) is 16.9. The summed E-state index contributed by atoms with van der Waals surface area (Å²) < 4.78 is 20.1. The van der Waals surface area contributed by atoms with Crippen LogP contribution in [0.4, 0.5) is 10.1 Å². The smallest absolute Gasteiger partial charge is 0.256 e. The maximum absolute atomic E-state index is 13.8. The molecule has 3 aromatic rings. The number of rotatable bonds is 4. The highest BCUT2D eigenvalue weighted by Gasteiger charge is 2.13. The third-order valence-corrected chi connectivity index (χ3v) is 4.00. The molecule has 0 spiro atoms. The second-order valence-electron chi connectivity index (χ2n) is 4.96. The van der Waals surface area contributed by atoms with Gasteiger partial charge in [-0.1, -0.05) is 36.4 Å². The van der Waals surface area contributed by atoms with E-state index in [0.29, 0.717) is 21.5 Å². The molecule has 0 saturated carbocycles. The van der Waals surface area contributed by atoms with Gasteiger partial charge in [0.25, 0.3) is 5.91 Å². The van der Waals surface area contributed by atoms with E-state index in [1.54, 1.807) is 54.6 Å². The first kappa shape index (κ1) is 16.2. The summed E-state index contributed by atoms with van der Waals surface area (Å²) in [5.41, 5.74) is 0.958. The molecule has 0 fully saturated rings. The number of ether oxygens (including phenoxy) is 1. The number of para-hydroxylation sites is 3. The van der Waals surface area contributed by atoms with Gasteiger partial charge in [0.15, 0.2) is 17.3 Å². The summed E-state index contributed by atoms with van der Waals surface area (Å²) >= 11 is 3.35. The molecule has 0 aliphatic heterocycles. The molecular formula is C19H13BrFNO2. The van der Waals surface area contributed by atoms with Crippen LogP contribution in [0, 0.1) is 5.82 Å². The van der Waals surface area contributed by atoms with E-state index in [0.717, 1.165) is 0 Å². The van der Waals surface area contributed by atoms with Gasteiger partial charge in [-0.15, -0.1) is 0 Å². The van der Waals surface area contributed by atoms with Crippen molar-refractivity contribution >= 4 is 27.5 Å². The van der Waals surface area contributed by atoms with Gasteiger partial charge < -0.3 is 10.1 Å². The van der Waals surface area contributed by atoms with Crippen LogP contribution in [0.1, 0.15) is 10.4 Å². The molecule has 0 radical (unpaired) electrons. The van der Waals surface area contributed by atoms with E-state index >= 15 is 0 Å². The van der Waals surface area contributed by atoms with Crippen molar-refractivity contribution in [3.05, 3.63) is 88.6 Å². The SMILES string of the molecule is O=C(Nc1ccccc1Oc1ccccc1F)c1ccccc1Br. The Balaban J connectivity index is 1.86. The summed E-state index contributed by atoms with van der Waals surface area (Å²) in [7, 11) is 0. The zero-order valence-electron chi connectivity index (χ0n) is 12.5. The fourth-order valence-corrected chi connectivity index (χ4v) is 2.60. The van der Waals surface area contributed by atoms with E-state index in [1.165, 1.54) is 12.1 Å². The van der Waals surface area contributed by atoms with Gasteiger partial charge in [0.05, 0.1) is 11.3 Å². The van der Waals surface area contributed by atoms with Crippen molar-refractivity contribution < 1.29 is 13.9 Å². The van der Waals surface area contributed by atoms with Crippen LogP contribution in [-0.4, -0.2) is 5.91 Å². The molecule has 3 rings (SSSR count). The van der Waals surface area contributed by atoms with E-state index in [2.05, 4.69) is 21.2 Å². The molecule has 0 heterocycles. The normalized spacial score (nSPS) is 10.2. The Morgan fingerprint density at radius 1 is 0.875 bits per heavy atom. The van der Waals surface area contributed by atoms with Crippen molar-refractivity contribution in [2.45, 2.75) is 0 Å². The lowest BCUT2D eigenvalue weighted by Gasteiger charge is -2.13. The van der Waals surface area contributed by atoms with E-state index in [4.69, 9.17) is 4.74 Å². The van der Waals surface area contributed by atoms with E-state index in [9.17, 15) is 9.18 Å². The topological polar surface area (TPSA) is 38.3 Å². The van der Waals surface area contributed by atoms with Crippen LogP contribution in [0.2, 0.25) is 0 Å². The van der Waals surface area contributed by atoms with Crippen molar-refractivity contribution in [2.75, 3.05) is 5.32 Å². The van der Waals surface area contributed by atoms with Crippen molar-refractivity contribution in [3.63, 3.8) is 0 Å². The molecule has 3 nitrogen and oxygen atoms in total. The van der Waals surface area contributed by atoms with Gasteiger partial charge in [0.2, 0.25) is 0 Å². The van der Waals surface area contributed by atoms with Crippen LogP contribution >= 0.6 is 15.9 Å². The van der Waals surface area contributed by atoms with Gasteiger partial charge in [-0.05, 0) is 52.3 Å². The van der Waals surface area contributed by atoms with Crippen LogP contribution in [-0.2, 0) is 0 Å². The summed E-state index contributed by atoms with van der Waals surface area (Å²) in [6.45, 7) is 0. The van der Waals surface area contributed by atoms with Crippen LogP contribution in [0.3, 0.4) is 0 Å². The Hall–Kier alpha value is -2.66. The minimum Gasteiger partial charge on any atom is -0.452 e. The number of hydrogen-bond acceptors (Lipinski definition) is 2. The average Bonchev–Trinajstić information content (AvgIpc) is 2.59. The summed E-state index contributed by atoms with van der Waals surface area (Å²) in [6, 6.07) is 20.1. The lowest BCUT2D eigenvalue weighted by atomic mass is 10.2. The van der Waals surface area contributed by atoms with Crippen LogP contribution in [0.5, 0.6) is 11.5 Å². The van der Waals surface area contributed by atoms with Crippen LogP contribution in [0.15, 0.2) is 77.3 Å². The molecule has 0 aromatic heterocycles. The number of anilines is 1.